The molecule has 160 valence electrons. The number of fused-ring (bicyclic) bond motifs is 2. The highest BCUT2D eigenvalue weighted by Crippen LogP contribution is 2.28. The molecule has 0 saturated carbocycles. The Morgan fingerprint density at radius 3 is 2.78 bits per heavy atom. The van der Waals surface area contributed by atoms with Gasteiger partial charge in [-0.2, -0.15) is 4.98 Å². The van der Waals surface area contributed by atoms with Gasteiger partial charge >= 0.3 is 0 Å². The number of hydrogen-bond donors (Lipinski definition) is 2. The van der Waals surface area contributed by atoms with Crippen LogP contribution in [0.15, 0.2) is 73.3 Å². The Morgan fingerprint density at radius 1 is 1.19 bits per heavy atom. The second kappa shape index (κ2) is 8.40. The molecule has 2 aromatic heterocycles. The first-order chi connectivity index (χ1) is 15.6. The second-order valence-electron chi connectivity index (χ2n) is 8.06. The highest BCUT2D eigenvalue weighted by molar-refractivity contribution is 5.94. The van der Waals surface area contributed by atoms with Crippen LogP contribution in [0, 0.1) is 6.92 Å². The van der Waals surface area contributed by atoms with Gasteiger partial charge in [-0.05, 0) is 30.7 Å². The number of aromatic nitrogens is 3. The van der Waals surface area contributed by atoms with E-state index in [2.05, 4.69) is 59.0 Å². The Balaban J connectivity index is 1.60. The fourth-order valence-corrected chi connectivity index (χ4v) is 4.30. The molecule has 5 rings (SSSR count). The van der Waals surface area contributed by atoms with E-state index >= 15 is 0 Å². The van der Waals surface area contributed by atoms with E-state index in [-0.39, 0.29) is 11.8 Å². The molecule has 6 nitrogen and oxygen atoms in total. The van der Waals surface area contributed by atoms with Gasteiger partial charge in [0.25, 0.3) is 0 Å². The molecule has 0 aliphatic carbocycles. The number of rotatable bonds is 6. The van der Waals surface area contributed by atoms with E-state index in [0.717, 1.165) is 39.2 Å². The average molecular weight is 424 g/mol. The van der Waals surface area contributed by atoms with Gasteiger partial charge in [0.15, 0.2) is 5.78 Å². The number of nitrogens with one attached hydrogen (secondary N) is 2. The number of ketones is 1. The maximum Gasteiger partial charge on any atom is 0.236 e. The van der Waals surface area contributed by atoms with Crippen molar-refractivity contribution >= 4 is 22.5 Å². The van der Waals surface area contributed by atoms with Crippen LogP contribution in [0.3, 0.4) is 0 Å². The van der Waals surface area contributed by atoms with E-state index in [1.807, 2.05) is 30.3 Å². The van der Waals surface area contributed by atoms with E-state index in [4.69, 9.17) is 9.97 Å². The van der Waals surface area contributed by atoms with Crippen LogP contribution in [0.25, 0.3) is 16.9 Å². The second-order valence-corrected chi connectivity index (χ2v) is 8.06. The summed E-state index contributed by atoms with van der Waals surface area (Å²) in [7, 11) is 0. The number of nitrogens with zero attached hydrogens (tertiary/aromatic N) is 3. The molecule has 0 spiro atoms. The van der Waals surface area contributed by atoms with Crippen LogP contribution in [0.1, 0.15) is 22.5 Å². The van der Waals surface area contributed by atoms with Gasteiger partial charge in [0, 0.05) is 36.2 Å². The molecule has 0 bridgehead atoms. The van der Waals surface area contributed by atoms with Crippen molar-refractivity contribution in [1.82, 2.24) is 19.9 Å². The Morgan fingerprint density at radius 2 is 1.97 bits per heavy atom. The van der Waals surface area contributed by atoms with E-state index in [1.165, 1.54) is 6.08 Å². The number of hydrogen-bond acceptors (Lipinski definition) is 5. The Labute approximate surface area is 187 Å². The van der Waals surface area contributed by atoms with Crippen molar-refractivity contribution in [3.05, 3.63) is 95.8 Å². The van der Waals surface area contributed by atoms with Crippen molar-refractivity contribution in [2.45, 2.75) is 32.5 Å². The van der Waals surface area contributed by atoms with Crippen LogP contribution >= 0.6 is 0 Å². The molecule has 1 unspecified atom stereocenters. The fourth-order valence-electron chi connectivity index (χ4n) is 4.30. The first-order valence-corrected chi connectivity index (χ1v) is 10.8. The quantitative estimate of drug-likeness (QED) is 0.457. The summed E-state index contributed by atoms with van der Waals surface area (Å²) >= 11 is 0. The van der Waals surface area contributed by atoms with Gasteiger partial charge in [0.05, 0.1) is 17.3 Å². The van der Waals surface area contributed by atoms with Gasteiger partial charge in [0.1, 0.15) is 5.82 Å². The minimum Gasteiger partial charge on any atom is -0.366 e. The molecule has 4 aromatic rings. The number of anilines is 1. The predicted octanol–water partition coefficient (Wildman–Crippen LogP) is 4.11. The molecule has 3 heterocycles. The molecular formula is C26H25N5O. The minimum atomic E-state index is -0.305. The highest BCUT2D eigenvalue weighted by atomic mass is 16.1. The molecule has 1 aliphatic heterocycles. The summed E-state index contributed by atoms with van der Waals surface area (Å²) in [5.74, 6) is 1.39. The fraction of sp³-hybridized carbons (Fsp3) is 0.192. The van der Waals surface area contributed by atoms with Crippen molar-refractivity contribution in [2.24, 2.45) is 0 Å². The summed E-state index contributed by atoms with van der Waals surface area (Å²) in [5, 5.41) is 7.96. The highest BCUT2D eigenvalue weighted by Gasteiger charge is 2.27. The largest absolute Gasteiger partial charge is 0.366 e. The topological polar surface area (TPSA) is 71.8 Å². The van der Waals surface area contributed by atoms with Crippen LogP contribution in [0.4, 0.5) is 5.82 Å². The van der Waals surface area contributed by atoms with Crippen LogP contribution in [-0.2, 0) is 24.3 Å². The molecular weight excluding hydrogens is 398 g/mol. The van der Waals surface area contributed by atoms with Crippen molar-refractivity contribution in [1.29, 1.82) is 0 Å². The number of benzene rings is 2. The Kier molecular flexibility index (Phi) is 5.29. The maximum atomic E-state index is 12.3. The number of para-hydroxylation sites is 1. The van der Waals surface area contributed by atoms with Crippen molar-refractivity contribution in [2.75, 3.05) is 5.32 Å². The first-order valence-electron chi connectivity index (χ1n) is 10.8. The van der Waals surface area contributed by atoms with E-state index in [1.54, 1.807) is 0 Å². The molecule has 0 radical (unpaired) electrons. The summed E-state index contributed by atoms with van der Waals surface area (Å²) in [6, 6.07) is 20.3. The number of carbonyl (C=O) groups is 1. The van der Waals surface area contributed by atoms with Crippen LogP contribution in [0.5, 0.6) is 0 Å². The summed E-state index contributed by atoms with van der Waals surface area (Å²) in [6.07, 6.45) is 1.91. The van der Waals surface area contributed by atoms with Gasteiger partial charge in [0.2, 0.25) is 5.95 Å². The van der Waals surface area contributed by atoms with Gasteiger partial charge in [-0.25, -0.2) is 4.98 Å². The lowest BCUT2D eigenvalue weighted by molar-refractivity contribution is -0.116. The molecule has 0 saturated heterocycles. The van der Waals surface area contributed by atoms with Gasteiger partial charge < -0.3 is 10.6 Å². The van der Waals surface area contributed by atoms with E-state index in [0.29, 0.717) is 25.5 Å². The lowest BCUT2D eigenvalue weighted by Crippen LogP contribution is -2.42. The van der Waals surface area contributed by atoms with Crippen molar-refractivity contribution < 1.29 is 4.79 Å². The van der Waals surface area contributed by atoms with Crippen LogP contribution in [-0.4, -0.2) is 26.4 Å². The minimum absolute atomic E-state index is 0.0130. The Hall–Kier alpha value is -3.77. The molecule has 1 atom stereocenters. The predicted molar refractivity (Wildman–Crippen MR) is 127 cm³/mol. The van der Waals surface area contributed by atoms with E-state index < -0.39 is 0 Å². The molecule has 2 N–H and O–H groups in total. The first kappa shape index (κ1) is 20.2. The van der Waals surface area contributed by atoms with E-state index in [9.17, 15) is 4.79 Å². The zero-order valence-electron chi connectivity index (χ0n) is 18.0. The normalized spacial score (nSPS) is 15.3. The van der Waals surface area contributed by atoms with Gasteiger partial charge in [-0.15, -0.1) is 0 Å². The lowest BCUT2D eigenvalue weighted by atomic mass is 9.97. The Bertz CT molecular complexity index is 1310. The molecule has 0 amide bonds. The van der Waals surface area contributed by atoms with Crippen LogP contribution in [0.2, 0.25) is 0 Å². The van der Waals surface area contributed by atoms with Crippen molar-refractivity contribution in [3.8, 4) is 5.95 Å². The standard InChI is InChI=1S/C26H25N5O/c1-3-24(32)21-14-20-22(16-27-21)29-26(30-25(20)28-15-18-9-5-4-6-10-18)31-17(2)13-19-11-7-8-12-23(19)31/h3-13,21,27H,1,14-16H2,2H3,(H,28,29,30). The SMILES string of the molecule is C=CC(=O)C1Cc2c(nc(-n3c(C)cc4ccccc43)nc2NCc2ccccc2)CN1. The molecule has 0 fully saturated rings. The number of carbonyl (C=O) groups excluding carboxylic acids is 1. The van der Waals surface area contributed by atoms with Gasteiger partial charge in [-0.1, -0.05) is 55.1 Å². The number of aryl methyl sites for hydroxylation is 1. The summed E-state index contributed by atoms with van der Waals surface area (Å²) in [6.45, 7) is 6.85. The summed E-state index contributed by atoms with van der Waals surface area (Å²) in [5.41, 5.74) is 5.20. The van der Waals surface area contributed by atoms with Crippen LogP contribution < -0.4 is 10.6 Å². The van der Waals surface area contributed by atoms with Crippen molar-refractivity contribution in [3.63, 3.8) is 0 Å². The molecule has 1 aliphatic rings. The average Bonchev–Trinajstić information content (AvgIpc) is 3.17. The van der Waals surface area contributed by atoms with Gasteiger partial charge in [-0.3, -0.25) is 9.36 Å². The molecule has 2 aromatic carbocycles. The monoisotopic (exact) mass is 423 g/mol. The summed E-state index contributed by atoms with van der Waals surface area (Å²) < 4.78 is 2.09. The third kappa shape index (κ3) is 3.69. The maximum absolute atomic E-state index is 12.3. The lowest BCUT2D eigenvalue weighted by Gasteiger charge is -2.26. The third-order valence-electron chi connectivity index (χ3n) is 5.95. The summed E-state index contributed by atoms with van der Waals surface area (Å²) in [4.78, 5) is 22.1. The smallest absolute Gasteiger partial charge is 0.236 e. The third-order valence-corrected chi connectivity index (χ3v) is 5.95. The molecule has 32 heavy (non-hydrogen) atoms. The molecule has 6 heteroatoms. The zero-order valence-corrected chi connectivity index (χ0v) is 18.0. The zero-order chi connectivity index (χ0) is 22.1.